The van der Waals surface area contributed by atoms with E-state index in [0.29, 0.717) is 5.78 Å². The van der Waals surface area contributed by atoms with Gasteiger partial charge in [0.2, 0.25) is 0 Å². The highest BCUT2D eigenvalue weighted by Crippen LogP contribution is 2.48. The van der Waals surface area contributed by atoms with Crippen LogP contribution in [0.2, 0.25) is 0 Å². The fourth-order valence-corrected chi connectivity index (χ4v) is 5.04. The van der Waals surface area contributed by atoms with Gasteiger partial charge >= 0.3 is 0 Å². The average Bonchev–Trinajstić information content (AvgIpc) is 2.23. The summed E-state index contributed by atoms with van der Waals surface area (Å²) in [5.74, 6) is 0.427. The molecular formula is C20H36O. The van der Waals surface area contributed by atoms with E-state index in [4.69, 9.17) is 0 Å². The quantitative estimate of drug-likeness (QED) is 0.527. The molecule has 1 aliphatic rings. The molecule has 0 saturated heterocycles. The van der Waals surface area contributed by atoms with E-state index in [1.807, 2.05) is 0 Å². The highest BCUT2D eigenvalue weighted by molar-refractivity contribution is 5.89. The first-order valence-electron chi connectivity index (χ1n) is 8.46. The van der Waals surface area contributed by atoms with Gasteiger partial charge in [-0.05, 0) is 37.0 Å². The maximum Gasteiger partial charge on any atom is 0.144 e. The maximum atomic E-state index is 13.2. The third-order valence-corrected chi connectivity index (χ3v) is 5.19. The summed E-state index contributed by atoms with van der Waals surface area (Å²) in [6.45, 7) is 20.0. The van der Waals surface area contributed by atoms with Crippen LogP contribution in [0.5, 0.6) is 0 Å². The molecule has 122 valence electrons. The van der Waals surface area contributed by atoms with Crippen molar-refractivity contribution in [2.24, 2.45) is 21.7 Å². The third kappa shape index (κ3) is 4.44. The van der Waals surface area contributed by atoms with Crippen LogP contribution in [0.1, 0.15) is 88.0 Å². The Balaban J connectivity index is 3.38. The lowest BCUT2D eigenvalue weighted by Crippen LogP contribution is -2.42. The first-order valence-corrected chi connectivity index (χ1v) is 8.46. The zero-order chi connectivity index (χ0) is 16.7. The lowest BCUT2D eigenvalue weighted by molar-refractivity contribution is -0.139. The van der Waals surface area contributed by atoms with Crippen molar-refractivity contribution >= 4 is 5.78 Å². The minimum absolute atomic E-state index is 0.0747. The normalized spacial score (nSPS) is 34.9. The van der Waals surface area contributed by atoms with Gasteiger partial charge in [0.05, 0.1) is 0 Å². The molecule has 0 fully saturated rings. The number of rotatable bonds is 1. The van der Waals surface area contributed by atoms with Crippen LogP contribution < -0.4 is 0 Å². The summed E-state index contributed by atoms with van der Waals surface area (Å²) >= 11 is 0. The Labute approximate surface area is 132 Å². The van der Waals surface area contributed by atoms with Crippen LogP contribution in [0, 0.1) is 21.7 Å². The van der Waals surface area contributed by atoms with E-state index in [1.54, 1.807) is 0 Å². The van der Waals surface area contributed by atoms with Crippen molar-refractivity contribution in [3.63, 3.8) is 0 Å². The average molecular weight is 293 g/mol. The zero-order valence-corrected chi connectivity index (χ0v) is 15.8. The minimum Gasteiger partial charge on any atom is -0.299 e. The van der Waals surface area contributed by atoms with E-state index in [-0.39, 0.29) is 21.7 Å². The van der Waals surface area contributed by atoms with E-state index in [9.17, 15) is 4.79 Å². The first kappa shape index (κ1) is 18.5. The van der Waals surface area contributed by atoms with Gasteiger partial charge in [-0.15, -0.1) is 0 Å². The van der Waals surface area contributed by atoms with Crippen LogP contribution in [-0.4, -0.2) is 5.78 Å². The molecule has 0 aromatic rings. The Morgan fingerprint density at radius 3 is 1.90 bits per heavy atom. The van der Waals surface area contributed by atoms with Crippen LogP contribution in [0.15, 0.2) is 11.6 Å². The van der Waals surface area contributed by atoms with Gasteiger partial charge in [-0.2, -0.15) is 0 Å². The van der Waals surface area contributed by atoms with Crippen molar-refractivity contribution in [1.82, 2.24) is 0 Å². The zero-order valence-electron chi connectivity index (χ0n) is 15.8. The maximum absolute atomic E-state index is 13.2. The van der Waals surface area contributed by atoms with Crippen LogP contribution in [0.4, 0.5) is 0 Å². The largest absolute Gasteiger partial charge is 0.299 e. The summed E-state index contributed by atoms with van der Waals surface area (Å²) in [5.41, 5.74) is 1.25. The second-order valence-electron chi connectivity index (χ2n) is 9.77. The van der Waals surface area contributed by atoms with Gasteiger partial charge in [0.1, 0.15) is 5.78 Å². The molecule has 0 spiro atoms. The van der Waals surface area contributed by atoms with E-state index in [0.717, 1.165) is 25.7 Å². The van der Waals surface area contributed by atoms with Crippen molar-refractivity contribution in [1.29, 1.82) is 0 Å². The number of ketones is 1. The Bertz CT molecular complexity index is 437. The summed E-state index contributed by atoms with van der Waals surface area (Å²) < 4.78 is 0. The molecule has 0 aliphatic heterocycles. The van der Waals surface area contributed by atoms with Gasteiger partial charge in [0.15, 0.2) is 0 Å². The van der Waals surface area contributed by atoms with Crippen LogP contribution in [0.25, 0.3) is 0 Å². The Hall–Kier alpha value is -0.590. The molecule has 1 unspecified atom stereocenters. The van der Waals surface area contributed by atoms with Crippen LogP contribution in [-0.2, 0) is 4.79 Å². The number of carbonyl (C=O) groups excluding carboxylic acids is 1. The van der Waals surface area contributed by atoms with Crippen molar-refractivity contribution in [3.05, 3.63) is 11.6 Å². The summed E-state index contributed by atoms with van der Waals surface area (Å²) in [7, 11) is 0. The SMILES string of the molecule is CCC1(C)C/C(C)=C\C(C)(C)CC(C)(C)C(=O)C(C)(C)C1. The number of allylic oxidation sites excluding steroid dienone is 2. The van der Waals surface area contributed by atoms with E-state index < -0.39 is 0 Å². The lowest BCUT2D eigenvalue weighted by Gasteiger charge is -2.43. The summed E-state index contributed by atoms with van der Waals surface area (Å²) in [5, 5.41) is 0. The Morgan fingerprint density at radius 2 is 1.43 bits per heavy atom. The summed E-state index contributed by atoms with van der Waals surface area (Å²) in [4.78, 5) is 13.2. The predicted octanol–water partition coefficient (Wildman–Crippen LogP) is 6.18. The molecule has 1 heteroatoms. The highest BCUT2D eigenvalue weighted by Gasteiger charge is 2.45. The number of carbonyl (C=O) groups is 1. The van der Waals surface area contributed by atoms with Gasteiger partial charge in [-0.1, -0.05) is 73.5 Å². The molecule has 21 heavy (non-hydrogen) atoms. The van der Waals surface area contributed by atoms with E-state index >= 15 is 0 Å². The smallest absolute Gasteiger partial charge is 0.144 e. The molecular weight excluding hydrogens is 256 g/mol. The van der Waals surface area contributed by atoms with Crippen molar-refractivity contribution in [2.45, 2.75) is 88.0 Å². The van der Waals surface area contributed by atoms with Crippen molar-refractivity contribution < 1.29 is 4.79 Å². The lowest BCUT2D eigenvalue weighted by atomic mass is 9.60. The fourth-order valence-electron chi connectivity index (χ4n) is 5.04. The first-order chi connectivity index (χ1) is 9.23. The van der Waals surface area contributed by atoms with Crippen molar-refractivity contribution in [2.75, 3.05) is 0 Å². The predicted molar refractivity (Wildman–Crippen MR) is 92.4 cm³/mol. The third-order valence-electron chi connectivity index (χ3n) is 5.19. The molecule has 0 aromatic heterocycles. The van der Waals surface area contributed by atoms with Gasteiger partial charge < -0.3 is 0 Å². The molecule has 1 rings (SSSR count). The second kappa shape index (κ2) is 5.56. The van der Waals surface area contributed by atoms with Crippen molar-refractivity contribution in [3.8, 4) is 0 Å². The van der Waals surface area contributed by atoms with Gasteiger partial charge in [0, 0.05) is 10.8 Å². The number of hydrogen-bond acceptors (Lipinski definition) is 1. The molecule has 0 radical (unpaired) electrons. The van der Waals surface area contributed by atoms with Gasteiger partial charge in [-0.3, -0.25) is 4.79 Å². The molecule has 0 bridgehead atoms. The molecule has 0 N–H and O–H groups in total. The van der Waals surface area contributed by atoms with E-state index in [2.05, 4.69) is 68.4 Å². The molecule has 0 aromatic carbocycles. The van der Waals surface area contributed by atoms with Crippen LogP contribution in [0.3, 0.4) is 0 Å². The number of Topliss-reactive ketones (excluding diaryl/α,β-unsaturated/α-hetero) is 1. The standard InChI is InChI=1S/C20H36O/c1-10-20(9)12-15(2)11-17(3,4)13-18(5,6)16(21)19(7,8)14-20/h11H,10,12-14H2,1-9H3/b15-11-. The second-order valence-corrected chi connectivity index (χ2v) is 9.77. The Kier molecular flexibility index (Phi) is 4.88. The topological polar surface area (TPSA) is 17.1 Å². The highest BCUT2D eigenvalue weighted by atomic mass is 16.1. The molecule has 1 aliphatic carbocycles. The molecule has 0 saturated carbocycles. The molecule has 1 nitrogen and oxygen atoms in total. The Morgan fingerprint density at radius 1 is 0.952 bits per heavy atom. The van der Waals surface area contributed by atoms with Gasteiger partial charge in [-0.25, -0.2) is 0 Å². The van der Waals surface area contributed by atoms with Gasteiger partial charge in [0.25, 0.3) is 0 Å². The minimum atomic E-state index is -0.268. The monoisotopic (exact) mass is 292 g/mol. The summed E-state index contributed by atoms with van der Waals surface area (Å²) in [6.07, 6.45) is 6.53. The molecule has 1 atom stereocenters. The fraction of sp³-hybridized carbons (Fsp3) is 0.850. The molecule has 0 amide bonds. The van der Waals surface area contributed by atoms with Crippen LogP contribution >= 0.6 is 0 Å². The number of hydrogen-bond donors (Lipinski definition) is 0. The molecule has 0 heterocycles. The van der Waals surface area contributed by atoms with E-state index in [1.165, 1.54) is 5.57 Å². The summed E-state index contributed by atoms with van der Waals surface area (Å²) in [6, 6.07) is 0.